The van der Waals surface area contributed by atoms with Crippen LogP contribution < -0.4 is 0 Å². The Morgan fingerprint density at radius 3 is 2.67 bits per heavy atom. The molecule has 0 aliphatic carbocycles. The Morgan fingerprint density at radius 1 is 1.33 bits per heavy atom. The summed E-state index contributed by atoms with van der Waals surface area (Å²) in [5, 5.41) is 8.37. The Kier molecular flexibility index (Phi) is 6.98. The number of rotatable bonds is 4. The third-order valence-corrected chi connectivity index (χ3v) is 0.969. The second-order valence-corrected chi connectivity index (χ2v) is 1.82. The van der Waals surface area contributed by atoms with Crippen LogP contribution in [0.1, 0.15) is 19.8 Å². The van der Waals surface area contributed by atoms with E-state index in [-0.39, 0.29) is 0 Å². The van der Waals surface area contributed by atoms with E-state index in [4.69, 9.17) is 5.11 Å². The highest BCUT2D eigenvalue weighted by atomic mass is 16.2. The Balaban J connectivity index is 3.04. The fraction of sp³-hybridized carbons (Fsp3) is 0.500. The summed E-state index contributed by atoms with van der Waals surface area (Å²) >= 11 is 0. The van der Waals surface area contributed by atoms with Crippen LogP contribution in [0.25, 0.3) is 0 Å². The van der Waals surface area contributed by atoms with Gasteiger partial charge in [0.15, 0.2) is 0 Å². The first-order chi connectivity index (χ1) is 4.41. The Bertz CT molecular complexity index is 92.7. The van der Waals surface area contributed by atoms with Crippen LogP contribution in [0.3, 0.4) is 0 Å². The zero-order valence-corrected chi connectivity index (χ0v) is 5.88. The molecule has 0 rings (SSSR count). The molecule has 0 aromatic rings. The first-order valence-corrected chi connectivity index (χ1v) is 3.30. The van der Waals surface area contributed by atoms with Crippen LogP contribution in [-0.4, -0.2) is 11.7 Å². The molecule has 0 aromatic carbocycles. The molecule has 0 aliphatic rings. The molecule has 1 heteroatoms. The zero-order valence-electron chi connectivity index (χ0n) is 5.88. The molecule has 1 N–H and O–H groups in total. The molecule has 0 heterocycles. The predicted octanol–water partition coefficient (Wildman–Crippen LogP) is 1.89. The summed E-state index contributed by atoms with van der Waals surface area (Å²) in [6.45, 7) is 2.27. The van der Waals surface area contributed by atoms with E-state index in [1.807, 2.05) is 25.2 Å². The number of aliphatic hydroxyl groups is 1. The summed E-state index contributed by atoms with van der Waals surface area (Å²) in [6, 6.07) is 0. The quantitative estimate of drug-likeness (QED) is 0.450. The van der Waals surface area contributed by atoms with Gasteiger partial charge in [0.25, 0.3) is 0 Å². The van der Waals surface area contributed by atoms with Gasteiger partial charge in [-0.2, -0.15) is 0 Å². The summed E-state index contributed by atoms with van der Waals surface area (Å²) in [5.41, 5.74) is 0. The third-order valence-electron chi connectivity index (χ3n) is 0.969. The van der Waals surface area contributed by atoms with Gasteiger partial charge in [-0.25, -0.2) is 0 Å². The van der Waals surface area contributed by atoms with E-state index in [9.17, 15) is 0 Å². The molecule has 0 aromatic heterocycles. The smallest absolute Gasteiger partial charge is 0.0433 e. The zero-order chi connectivity index (χ0) is 6.95. The number of allylic oxidation sites excluding steroid dienone is 4. The number of hydrogen-bond donors (Lipinski definition) is 1. The van der Waals surface area contributed by atoms with E-state index in [0.717, 1.165) is 12.8 Å². The molecule has 0 unspecified atom stereocenters. The van der Waals surface area contributed by atoms with Crippen molar-refractivity contribution in [3.05, 3.63) is 24.3 Å². The largest absolute Gasteiger partial charge is 0.396 e. The van der Waals surface area contributed by atoms with Crippen molar-refractivity contribution in [3.8, 4) is 0 Å². The molecule has 0 spiro atoms. The molecule has 0 radical (unpaired) electrons. The summed E-state index contributed by atoms with van der Waals surface area (Å²) < 4.78 is 0. The fourth-order valence-corrected chi connectivity index (χ4v) is 0.495. The molecule has 0 saturated heterocycles. The molecule has 1 nitrogen and oxygen atoms in total. The van der Waals surface area contributed by atoms with Crippen molar-refractivity contribution in [2.24, 2.45) is 0 Å². The fourth-order valence-electron chi connectivity index (χ4n) is 0.495. The maximum atomic E-state index is 8.37. The lowest BCUT2D eigenvalue weighted by molar-refractivity contribution is 0.289. The Morgan fingerprint density at radius 2 is 2.11 bits per heavy atom. The normalized spacial score (nSPS) is 11.8. The molecule has 0 aliphatic heterocycles. The summed E-state index contributed by atoms with van der Waals surface area (Å²) in [4.78, 5) is 0. The van der Waals surface area contributed by atoms with Gasteiger partial charge in [-0.3, -0.25) is 0 Å². The summed E-state index contributed by atoms with van der Waals surface area (Å²) in [6.07, 6.45) is 9.85. The van der Waals surface area contributed by atoms with Crippen LogP contribution in [0.15, 0.2) is 24.3 Å². The highest BCUT2D eigenvalue weighted by molar-refractivity contribution is 5.00. The van der Waals surface area contributed by atoms with E-state index in [0.29, 0.717) is 6.61 Å². The van der Waals surface area contributed by atoms with E-state index in [1.165, 1.54) is 0 Å². The minimum Gasteiger partial charge on any atom is -0.396 e. The third kappa shape index (κ3) is 7.44. The van der Waals surface area contributed by atoms with Gasteiger partial charge in [-0.1, -0.05) is 24.3 Å². The second kappa shape index (κ2) is 7.44. The maximum Gasteiger partial charge on any atom is 0.0433 e. The highest BCUT2D eigenvalue weighted by Crippen LogP contribution is 1.88. The Hall–Kier alpha value is -0.560. The monoisotopic (exact) mass is 126 g/mol. The van der Waals surface area contributed by atoms with Gasteiger partial charge in [0, 0.05) is 6.61 Å². The van der Waals surface area contributed by atoms with Crippen molar-refractivity contribution in [3.63, 3.8) is 0 Å². The van der Waals surface area contributed by atoms with Gasteiger partial charge in [-0.15, -0.1) is 0 Å². The minimum atomic E-state index is 0.292. The average Bonchev–Trinajstić information content (AvgIpc) is 1.89. The molecule has 0 saturated carbocycles. The lowest BCUT2D eigenvalue weighted by Crippen LogP contribution is -1.77. The standard InChI is InChI=1S/C8H14O/c1-2-3-4-5-6-7-8-9/h2-5,9H,6-8H2,1H3/b3-2+,5-4-. The molecule has 0 fully saturated rings. The van der Waals surface area contributed by atoms with Gasteiger partial charge in [0.05, 0.1) is 0 Å². The highest BCUT2D eigenvalue weighted by Gasteiger charge is 1.75. The molecule has 0 bridgehead atoms. The lowest BCUT2D eigenvalue weighted by Gasteiger charge is -1.84. The molecule has 0 atom stereocenters. The topological polar surface area (TPSA) is 20.2 Å². The van der Waals surface area contributed by atoms with Gasteiger partial charge in [0.1, 0.15) is 0 Å². The number of hydrogen-bond acceptors (Lipinski definition) is 1. The van der Waals surface area contributed by atoms with Gasteiger partial charge < -0.3 is 5.11 Å². The SMILES string of the molecule is C/C=C/C=C\CCCO. The molecular weight excluding hydrogens is 112 g/mol. The van der Waals surface area contributed by atoms with Crippen molar-refractivity contribution >= 4 is 0 Å². The first kappa shape index (κ1) is 8.44. The molecule has 9 heavy (non-hydrogen) atoms. The van der Waals surface area contributed by atoms with Gasteiger partial charge >= 0.3 is 0 Å². The second-order valence-electron chi connectivity index (χ2n) is 1.82. The first-order valence-electron chi connectivity index (χ1n) is 3.30. The van der Waals surface area contributed by atoms with Gasteiger partial charge in [0.2, 0.25) is 0 Å². The Labute approximate surface area is 56.7 Å². The minimum absolute atomic E-state index is 0.292. The average molecular weight is 126 g/mol. The van der Waals surface area contributed by atoms with Crippen LogP contribution in [-0.2, 0) is 0 Å². The van der Waals surface area contributed by atoms with Crippen molar-refractivity contribution in [1.29, 1.82) is 0 Å². The van der Waals surface area contributed by atoms with Gasteiger partial charge in [-0.05, 0) is 19.8 Å². The van der Waals surface area contributed by atoms with Crippen molar-refractivity contribution in [2.45, 2.75) is 19.8 Å². The molecule has 52 valence electrons. The molecule has 0 amide bonds. The molecular formula is C8H14O. The van der Waals surface area contributed by atoms with E-state index in [1.54, 1.807) is 0 Å². The maximum absolute atomic E-state index is 8.37. The van der Waals surface area contributed by atoms with Crippen molar-refractivity contribution in [1.82, 2.24) is 0 Å². The van der Waals surface area contributed by atoms with Crippen LogP contribution in [0.4, 0.5) is 0 Å². The van der Waals surface area contributed by atoms with Crippen molar-refractivity contribution < 1.29 is 5.11 Å². The lowest BCUT2D eigenvalue weighted by atomic mass is 10.3. The van der Waals surface area contributed by atoms with E-state index < -0.39 is 0 Å². The van der Waals surface area contributed by atoms with E-state index in [2.05, 4.69) is 6.08 Å². The summed E-state index contributed by atoms with van der Waals surface area (Å²) in [5.74, 6) is 0. The van der Waals surface area contributed by atoms with Crippen LogP contribution >= 0.6 is 0 Å². The van der Waals surface area contributed by atoms with Crippen molar-refractivity contribution in [2.75, 3.05) is 6.61 Å². The van der Waals surface area contributed by atoms with Crippen LogP contribution in [0, 0.1) is 0 Å². The predicted molar refractivity (Wildman–Crippen MR) is 40.3 cm³/mol. The van der Waals surface area contributed by atoms with Crippen LogP contribution in [0.2, 0.25) is 0 Å². The number of unbranched alkanes of at least 4 members (excludes halogenated alkanes) is 1. The number of aliphatic hydroxyl groups excluding tert-OH is 1. The van der Waals surface area contributed by atoms with Crippen LogP contribution in [0.5, 0.6) is 0 Å². The summed E-state index contributed by atoms with van der Waals surface area (Å²) in [7, 11) is 0. The van der Waals surface area contributed by atoms with E-state index >= 15 is 0 Å².